The molecule has 5 heteroatoms. The zero-order valence-electron chi connectivity index (χ0n) is 9.24. The van der Waals surface area contributed by atoms with Gasteiger partial charge in [0, 0.05) is 6.07 Å². The summed E-state index contributed by atoms with van der Waals surface area (Å²) in [7, 11) is 0. The Morgan fingerprint density at radius 3 is 3.31 bits per heavy atom. The first kappa shape index (κ1) is 11.1. The van der Waals surface area contributed by atoms with Crippen LogP contribution in [0.15, 0.2) is 16.9 Å². The average Bonchev–Trinajstić information content (AvgIpc) is 2.66. The third kappa shape index (κ3) is 3.06. The van der Waals surface area contributed by atoms with Crippen molar-refractivity contribution in [1.82, 2.24) is 15.8 Å². The molecule has 1 amide bonds. The molecule has 1 aromatic rings. The number of carbonyl (C=O) groups is 1. The number of aromatic nitrogens is 1. The number of hydrogen-bond acceptors (Lipinski definition) is 4. The minimum atomic E-state index is -0.0469. The van der Waals surface area contributed by atoms with Gasteiger partial charge in [0.25, 0.3) is 0 Å². The van der Waals surface area contributed by atoms with Gasteiger partial charge in [0.15, 0.2) is 0 Å². The maximum atomic E-state index is 11.8. The van der Waals surface area contributed by atoms with Gasteiger partial charge in [0.1, 0.15) is 12.0 Å². The normalized spacial score (nSPS) is 21.4. The molecule has 0 saturated carbocycles. The second-order valence-electron chi connectivity index (χ2n) is 4.06. The van der Waals surface area contributed by atoms with Crippen LogP contribution in [-0.2, 0) is 11.3 Å². The van der Waals surface area contributed by atoms with Gasteiger partial charge < -0.3 is 15.2 Å². The standard InChI is InChI=1S/C11H17N3O2/c15-11(10-4-2-1-3-6-12-10)13-8-9-5-7-16-14-9/h5,7,10,12H,1-4,6,8H2,(H,13,15). The lowest BCUT2D eigenvalue weighted by Gasteiger charge is -2.14. The van der Waals surface area contributed by atoms with Crippen LogP contribution in [0.1, 0.15) is 31.4 Å². The minimum Gasteiger partial charge on any atom is -0.364 e. The Balaban J connectivity index is 1.78. The zero-order chi connectivity index (χ0) is 11.2. The first-order valence-electron chi connectivity index (χ1n) is 5.76. The second kappa shape index (κ2) is 5.65. The minimum absolute atomic E-state index is 0.0469. The van der Waals surface area contributed by atoms with Gasteiger partial charge in [0.2, 0.25) is 5.91 Å². The summed E-state index contributed by atoms with van der Waals surface area (Å²) < 4.78 is 4.70. The molecule has 88 valence electrons. The Kier molecular flexibility index (Phi) is 3.93. The summed E-state index contributed by atoms with van der Waals surface area (Å²) in [4.78, 5) is 11.8. The third-order valence-electron chi connectivity index (χ3n) is 2.81. The molecule has 2 N–H and O–H groups in total. The van der Waals surface area contributed by atoms with Crippen LogP contribution < -0.4 is 10.6 Å². The number of carbonyl (C=O) groups excluding carboxylic acids is 1. The maximum absolute atomic E-state index is 11.8. The van der Waals surface area contributed by atoms with E-state index in [4.69, 9.17) is 4.52 Å². The topological polar surface area (TPSA) is 67.2 Å². The molecule has 0 spiro atoms. The van der Waals surface area contributed by atoms with Gasteiger partial charge in [-0.3, -0.25) is 4.79 Å². The van der Waals surface area contributed by atoms with Gasteiger partial charge in [-0.1, -0.05) is 18.0 Å². The van der Waals surface area contributed by atoms with Crippen molar-refractivity contribution >= 4 is 5.91 Å². The highest BCUT2D eigenvalue weighted by molar-refractivity contribution is 5.81. The predicted molar refractivity (Wildman–Crippen MR) is 58.6 cm³/mol. The fourth-order valence-corrected chi connectivity index (χ4v) is 1.88. The second-order valence-corrected chi connectivity index (χ2v) is 4.06. The van der Waals surface area contributed by atoms with Crippen molar-refractivity contribution in [3.63, 3.8) is 0 Å². The van der Waals surface area contributed by atoms with Gasteiger partial charge >= 0.3 is 0 Å². The molecule has 16 heavy (non-hydrogen) atoms. The fourth-order valence-electron chi connectivity index (χ4n) is 1.88. The van der Waals surface area contributed by atoms with Gasteiger partial charge in [-0.2, -0.15) is 0 Å². The molecule has 0 aliphatic carbocycles. The lowest BCUT2D eigenvalue weighted by Crippen LogP contribution is -2.43. The zero-order valence-corrected chi connectivity index (χ0v) is 9.24. The van der Waals surface area contributed by atoms with Crippen molar-refractivity contribution in [3.05, 3.63) is 18.0 Å². The van der Waals surface area contributed by atoms with E-state index in [9.17, 15) is 4.79 Å². The smallest absolute Gasteiger partial charge is 0.237 e. The van der Waals surface area contributed by atoms with Crippen LogP contribution >= 0.6 is 0 Å². The lowest BCUT2D eigenvalue weighted by molar-refractivity contribution is -0.123. The highest BCUT2D eigenvalue weighted by Gasteiger charge is 2.18. The molecule has 1 saturated heterocycles. The monoisotopic (exact) mass is 223 g/mol. The quantitative estimate of drug-likeness (QED) is 0.796. The Labute approximate surface area is 94.6 Å². The molecule has 0 aromatic carbocycles. The summed E-state index contributed by atoms with van der Waals surface area (Å²) in [6, 6.07) is 1.70. The van der Waals surface area contributed by atoms with Crippen LogP contribution in [-0.4, -0.2) is 23.7 Å². The Bertz CT molecular complexity index is 316. The first-order valence-corrected chi connectivity index (χ1v) is 5.76. The van der Waals surface area contributed by atoms with Crippen molar-refractivity contribution in [3.8, 4) is 0 Å². The third-order valence-corrected chi connectivity index (χ3v) is 2.81. The van der Waals surface area contributed by atoms with E-state index in [2.05, 4.69) is 15.8 Å². The van der Waals surface area contributed by atoms with Crippen LogP contribution in [0.3, 0.4) is 0 Å². The molecule has 1 aliphatic heterocycles. The maximum Gasteiger partial charge on any atom is 0.237 e. The largest absolute Gasteiger partial charge is 0.364 e. The Morgan fingerprint density at radius 2 is 2.50 bits per heavy atom. The fraction of sp³-hybridized carbons (Fsp3) is 0.636. The number of amides is 1. The van der Waals surface area contributed by atoms with E-state index in [-0.39, 0.29) is 11.9 Å². The number of nitrogens with one attached hydrogen (secondary N) is 2. The van der Waals surface area contributed by atoms with E-state index in [0.29, 0.717) is 6.54 Å². The first-order chi connectivity index (χ1) is 7.86. The molecule has 1 aliphatic rings. The highest BCUT2D eigenvalue weighted by atomic mass is 16.5. The molecule has 1 aromatic heterocycles. The highest BCUT2D eigenvalue weighted by Crippen LogP contribution is 2.08. The van der Waals surface area contributed by atoms with Crippen LogP contribution in [0.25, 0.3) is 0 Å². The van der Waals surface area contributed by atoms with Gasteiger partial charge in [0.05, 0.1) is 12.6 Å². The van der Waals surface area contributed by atoms with Crippen molar-refractivity contribution in [1.29, 1.82) is 0 Å². The predicted octanol–water partition coefficient (Wildman–Crippen LogP) is 0.823. The molecule has 2 heterocycles. The molecule has 1 atom stereocenters. The van der Waals surface area contributed by atoms with Crippen molar-refractivity contribution < 1.29 is 9.32 Å². The summed E-state index contributed by atoms with van der Waals surface area (Å²) in [5.74, 6) is 0.0601. The molecular weight excluding hydrogens is 206 g/mol. The molecule has 1 unspecified atom stereocenters. The molecule has 0 radical (unpaired) electrons. The van der Waals surface area contributed by atoms with Crippen molar-refractivity contribution in [2.75, 3.05) is 6.54 Å². The molecule has 1 fully saturated rings. The summed E-state index contributed by atoms with van der Waals surface area (Å²) >= 11 is 0. The number of nitrogens with zero attached hydrogens (tertiary/aromatic N) is 1. The Morgan fingerprint density at radius 1 is 1.56 bits per heavy atom. The summed E-state index contributed by atoms with van der Waals surface area (Å²) in [6.07, 6.45) is 5.91. The summed E-state index contributed by atoms with van der Waals surface area (Å²) in [6.45, 7) is 1.37. The number of hydrogen-bond donors (Lipinski definition) is 2. The van der Waals surface area contributed by atoms with Crippen molar-refractivity contribution in [2.24, 2.45) is 0 Å². The van der Waals surface area contributed by atoms with Crippen LogP contribution in [0.5, 0.6) is 0 Å². The van der Waals surface area contributed by atoms with Crippen LogP contribution in [0.2, 0.25) is 0 Å². The van der Waals surface area contributed by atoms with Gasteiger partial charge in [-0.15, -0.1) is 0 Å². The summed E-state index contributed by atoms with van der Waals surface area (Å²) in [5.41, 5.74) is 0.752. The van der Waals surface area contributed by atoms with Gasteiger partial charge in [-0.05, 0) is 19.4 Å². The average molecular weight is 223 g/mol. The SMILES string of the molecule is O=C(NCc1ccon1)C1CCCCCN1. The van der Waals surface area contributed by atoms with Crippen LogP contribution in [0, 0.1) is 0 Å². The molecule has 0 bridgehead atoms. The van der Waals surface area contributed by atoms with Crippen molar-refractivity contribution in [2.45, 2.75) is 38.3 Å². The van der Waals surface area contributed by atoms with E-state index in [1.54, 1.807) is 6.07 Å². The lowest BCUT2D eigenvalue weighted by atomic mass is 10.1. The number of rotatable bonds is 3. The van der Waals surface area contributed by atoms with E-state index in [1.165, 1.54) is 12.7 Å². The van der Waals surface area contributed by atoms with Crippen LogP contribution in [0.4, 0.5) is 0 Å². The van der Waals surface area contributed by atoms with Gasteiger partial charge in [-0.25, -0.2) is 0 Å². The molecule has 5 nitrogen and oxygen atoms in total. The molecule has 2 rings (SSSR count). The van der Waals surface area contributed by atoms with E-state index < -0.39 is 0 Å². The van der Waals surface area contributed by atoms with E-state index in [0.717, 1.165) is 31.5 Å². The Hall–Kier alpha value is -1.36. The summed E-state index contributed by atoms with van der Waals surface area (Å²) in [5, 5.41) is 9.86. The van der Waals surface area contributed by atoms with E-state index >= 15 is 0 Å². The van der Waals surface area contributed by atoms with E-state index in [1.807, 2.05) is 0 Å². The molecular formula is C11H17N3O2.